The van der Waals surface area contributed by atoms with Crippen LogP contribution in [-0.4, -0.2) is 43.1 Å². The van der Waals surface area contributed by atoms with Crippen LogP contribution in [0.3, 0.4) is 0 Å². The zero-order valence-electron chi connectivity index (χ0n) is 15.1. The smallest absolute Gasteiger partial charge is 0.308 e. The van der Waals surface area contributed by atoms with Crippen LogP contribution in [0.2, 0.25) is 0 Å². The molecule has 1 aromatic carbocycles. The molecule has 136 valence electrons. The largest absolute Gasteiger partial charge is 0.481 e. The summed E-state index contributed by atoms with van der Waals surface area (Å²) in [6.45, 7) is 2.98. The first-order chi connectivity index (χ1) is 12.1. The molecule has 5 nitrogen and oxygen atoms in total. The van der Waals surface area contributed by atoms with E-state index in [0.29, 0.717) is 25.9 Å². The van der Waals surface area contributed by atoms with Gasteiger partial charge in [0.2, 0.25) is 0 Å². The number of aryl methyl sites for hydroxylation is 1. The average Bonchev–Trinajstić information content (AvgIpc) is 2.67. The maximum absolute atomic E-state index is 12.7. The first-order valence-electron chi connectivity index (χ1n) is 9.24. The van der Waals surface area contributed by atoms with Gasteiger partial charge in [-0.1, -0.05) is 12.1 Å². The molecule has 0 aromatic heterocycles. The van der Waals surface area contributed by atoms with E-state index < -0.39 is 6.10 Å². The first-order valence-corrected chi connectivity index (χ1v) is 9.24. The van der Waals surface area contributed by atoms with Gasteiger partial charge >= 0.3 is 5.97 Å². The van der Waals surface area contributed by atoms with Gasteiger partial charge in [0.1, 0.15) is 5.75 Å². The van der Waals surface area contributed by atoms with Gasteiger partial charge in [-0.2, -0.15) is 0 Å². The average molecular weight is 345 g/mol. The Kier molecular flexibility index (Phi) is 5.61. The van der Waals surface area contributed by atoms with E-state index in [0.717, 1.165) is 18.6 Å². The summed E-state index contributed by atoms with van der Waals surface area (Å²) < 4.78 is 10.8. The van der Waals surface area contributed by atoms with Crippen molar-refractivity contribution in [2.75, 3.05) is 20.2 Å². The second kappa shape index (κ2) is 7.89. The molecule has 1 amide bonds. The molecule has 0 radical (unpaired) electrons. The van der Waals surface area contributed by atoms with E-state index in [1.807, 2.05) is 19.1 Å². The van der Waals surface area contributed by atoms with Crippen molar-refractivity contribution in [1.82, 2.24) is 4.90 Å². The van der Waals surface area contributed by atoms with Crippen molar-refractivity contribution in [2.45, 2.75) is 51.6 Å². The van der Waals surface area contributed by atoms with Crippen LogP contribution in [0, 0.1) is 5.92 Å². The molecular weight excluding hydrogens is 318 g/mol. The zero-order chi connectivity index (χ0) is 17.8. The van der Waals surface area contributed by atoms with Crippen LogP contribution in [0.1, 0.15) is 43.7 Å². The monoisotopic (exact) mass is 345 g/mol. The van der Waals surface area contributed by atoms with E-state index in [1.165, 1.54) is 31.1 Å². The normalized spacial score (nSPS) is 19.0. The molecule has 5 heteroatoms. The predicted molar refractivity (Wildman–Crippen MR) is 94.5 cm³/mol. The number of esters is 1. The van der Waals surface area contributed by atoms with Gasteiger partial charge in [-0.05, 0) is 62.6 Å². The van der Waals surface area contributed by atoms with Gasteiger partial charge < -0.3 is 14.4 Å². The minimum Gasteiger partial charge on any atom is -0.481 e. The van der Waals surface area contributed by atoms with Crippen molar-refractivity contribution in [3.8, 4) is 5.75 Å². The quantitative estimate of drug-likeness (QED) is 0.788. The van der Waals surface area contributed by atoms with Crippen molar-refractivity contribution < 1.29 is 19.1 Å². The number of benzene rings is 1. The molecule has 0 spiro atoms. The maximum Gasteiger partial charge on any atom is 0.308 e. The topological polar surface area (TPSA) is 55.8 Å². The molecule has 1 fully saturated rings. The molecule has 1 heterocycles. The minimum atomic E-state index is -0.511. The number of ether oxygens (including phenoxy) is 2. The number of nitrogens with zero attached hydrogens (tertiary/aromatic N) is 1. The van der Waals surface area contributed by atoms with Gasteiger partial charge in [0, 0.05) is 13.1 Å². The molecule has 1 unspecified atom stereocenters. The van der Waals surface area contributed by atoms with Crippen LogP contribution in [0.25, 0.3) is 0 Å². The Bertz CT molecular complexity index is 635. The molecular formula is C20H27NO4. The van der Waals surface area contributed by atoms with Crippen molar-refractivity contribution in [1.29, 1.82) is 0 Å². The lowest BCUT2D eigenvalue weighted by atomic mass is 9.91. The summed E-state index contributed by atoms with van der Waals surface area (Å²) in [7, 11) is 1.41. The first kappa shape index (κ1) is 17.8. The van der Waals surface area contributed by atoms with Gasteiger partial charge in [0.05, 0.1) is 13.0 Å². The summed E-state index contributed by atoms with van der Waals surface area (Å²) in [6.07, 6.45) is 5.32. The summed E-state index contributed by atoms with van der Waals surface area (Å²) in [4.78, 5) is 26.1. The SMILES string of the molecule is COC(=O)C1CCN(C(=O)C(C)Oc2cccc3c2CCCC3)CC1. The van der Waals surface area contributed by atoms with Gasteiger partial charge in [-0.25, -0.2) is 0 Å². The maximum atomic E-state index is 12.7. The van der Waals surface area contributed by atoms with Gasteiger partial charge in [-0.15, -0.1) is 0 Å². The molecule has 1 aliphatic heterocycles. The molecule has 1 aromatic rings. The van der Waals surface area contributed by atoms with Crippen LogP contribution >= 0.6 is 0 Å². The second-order valence-electron chi connectivity index (χ2n) is 6.98. The highest BCUT2D eigenvalue weighted by molar-refractivity contribution is 5.81. The molecule has 1 atom stereocenters. The Hall–Kier alpha value is -2.04. The lowest BCUT2D eigenvalue weighted by molar-refractivity contribution is -0.150. The number of carbonyl (C=O) groups excluding carboxylic acids is 2. The standard InChI is InChI=1S/C20H27NO4/c1-14(19(22)21-12-10-16(11-13-21)20(23)24-2)25-18-9-5-7-15-6-3-4-8-17(15)18/h5,7,9,14,16H,3-4,6,8,10-13H2,1-2H3. The van der Waals surface area contributed by atoms with E-state index in [-0.39, 0.29) is 17.8 Å². The number of likely N-dealkylation sites (tertiary alicyclic amines) is 1. The van der Waals surface area contributed by atoms with Crippen LogP contribution in [0.4, 0.5) is 0 Å². The van der Waals surface area contributed by atoms with E-state index in [2.05, 4.69) is 6.07 Å². The Balaban J connectivity index is 1.60. The summed E-state index contributed by atoms with van der Waals surface area (Å²) in [5.74, 6) is 0.581. The fourth-order valence-corrected chi connectivity index (χ4v) is 3.86. The third-order valence-electron chi connectivity index (χ3n) is 5.35. The fourth-order valence-electron chi connectivity index (χ4n) is 3.86. The number of amides is 1. The third kappa shape index (κ3) is 3.97. The molecule has 1 aliphatic carbocycles. The molecule has 3 rings (SSSR count). The predicted octanol–water partition coefficient (Wildman–Crippen LogP) is 2.74. The van der Waals surface area contributed by atoms with Crippen LogP contribution in [0.15, 0.2) is 18.2 Å². The fraction of sp³-hybridized carbons (Fsp3) is 0.600. The van der Waals surface area contributed by atoms with E-state index >= 15 is 0 Å². The zero-order valence-corrected chi connectivity index (χ0v) is 15.1. The van der Waals surface area contributed by atoms with E-state index in [9.17, 15) is 9.59 Å². The number of hydrogen-bond acceptors (Lipinski definition) is 4. The van der Waals surface area contributed by atoms with Crippen LogP contribution < -0.4 is 4.74 Å². The van der Waals surface area contributed by atoms with Gasteiger partial charge in [0.25, 0.3) is 5.91 Å². The minimum absolute atomic E-state index is 0.00303. The molecule has 0 bridgehead atoms. The summed E-state index contributed by atoms with van der Waals surface area (Å²) in [6, 6.07) is 6.14. The second-order valence-corrected chi connectivity index (χ2v) is 6.98. The summed E-state index contributed by atoms with van der Waals surface area (Å²) >= 11 is 0. The van der Waals surface area contributed by atoms with Crippen molar-refractivity contribution in [2.24, 2.45) is 5.92 Å². The molecule has 0 saturated carbocycles. The number of fused-ring (bicyclic) bond motifs is 1. The van der Waals surface area contributed by atoms with Crippen LogP contribution in [-0.2, 0) is 27.2 Å². The molecule has 1 saturated heterocycles. The number of hydrogen-bond donors (Lipinski definition) is 0. The van der Waals surface area contributed by atoms with Crippen molar-refractivity contribution >= 4 is 11.9 Å². The number of rotatable bonds is 4. The third-order valence-corrected chi connectivity index (χ3v) is 5.35. The van der Waals surface area contributed by atoms with Gasteiger partial charge in [0.15, 0.2) is 6.10 Å². The number of piperidine rings is 1. The number of carbonyl (C=O) groups is 2. The lowest BCUT2D eigenvalue weighted by Crippen LogP contribution is -2.46. The molecule has 2 aliphatic rings. The Morgan fingerprint density at radius 1 is 1.16 bits per heavy atom. The number of methoxy groups -OCH3 is 1. The Morgan fingerprint density at radius 3 is 2.60 bits per heavy atom. The lowest BCUT2D eigenvalue weighted by Gasteiger charge is -2.32. The highest BCUT2D eigenvalue weighted by Crippen LogP contribution is 2.30. The highest BCUT2D eigenvalue weighted by atomic mass is 16.5. The highest BCUT2D eigenvalue weighted by Gasteiger charge is 2.30. The molecule has 0 N–H and O–H groups in total. The Morgan fingerprint density at radius 2 is 1.88 bits per heavy atom. The van der Waals surface area contributed by atoms with Crippen molar-refractivity contribution in [3.63, 3.8) is 0 Å². The van der Waals surface area contributed by atoms with E-state index in [4.69, 9.17) is 9.47 Å². The van der Waals surface area contributed by atoms with Crippen LogP contribution in [0.5, 0.6) is 5.75 Å². The summed E-state index contributed by atoms with van der Waals surface area (Å²) in [5, 5.41) is 0. The van der Waals surface area contributed by atoms with Crippen molar-refractivity contribution in [3.05, 3.63) is 29.3 Å². The van der Waals surface area contributed by atoms with Gasteiger partial charge in [-0.3, -0.25) is 9.59 Å². The summed E-state index contributed by atoms with van der Waals surface area (Å²) in [5.41, 5.74) is 2.61. The Labute approximate surface area is 149 Å². The molecule has 25 heavy (non-hydrogen) atoms. The van der Waals surface area contributed by atoms with E-state index in [1.54, 1.807) is 4.90 Å².